The van der Waals surface area contributed by atoms with Crippen LogP contribution in [0, 0.1) is 0 Å². The SMILES string of the molecule is CC(CO)(OC[C@H]1O[C@@H](n2nnc3c(N[C@@H]4CCc5ccccc54)cc(Cl)nc32)[C@H](O)[C@@H]1O)P(=O)(O)O. The number of halogens is 1. The number of anilines is 1. The van der Waals surface area contributed by atoms with Crippen molar-refractivity contribution < 1.29 is 39.1 Å². The number of aliphatic hydroxyl groups is 3. The molecule has 0 spiro atoms. The van der Waals surface area contributed by atoms with E-state index in [1.54, 1.807) is 6.07 Å². The molecule has 1 saturated heterocycles. The summed E-state index contributed by atoms with van der Waals surface area (Å²) < 4.78 is 23.9. The van der Waals surface area contributed by atoms with E-state index in [1.807, 2.05) is 12.1 Å². The van der Waals surface area contributed by atoms with Crippen LogP contribution in [0.25, 0.3) is 11.2 Å². The molecule has 6 N–H and O–H groups in total. The predicted molar refractivity (Wildman–Crippen MR) is 131 cm³/mol. The van der Waals surface area contributed by atoms with Crippen LogP contribution in [-0.4, -0.2) is 82.0 Å². The lowest BCUT2D eigenvalue weighted by molar-refractivity contribution is -0.104. The van der Waals surface area contributed by atoms with Crippen LogP contribution in [0.15, 0.2) is 30.3 Å². The monoisotopic (exact) mass is 555 g/mol. The zero-order valence-electron chi connectivity index (χ0n) is 19.7. The van der Waals surface area contributed by atoms with Gasteiger partial charge in [0.25, 0.3) is 0 Å². The highest BCUT2D eigenvalue weighted by Crippen LogP contribution is 2.51. The maximum absolute atomic E-state index is 11.7. The number of hydrogen-bond donors (Lipinski definition) is 6. The van der Waals surface area contributed by atoms with Crippen molar-refractivity contribution in [3.63, 3.8) is 0 Å². The Bertz CT molecular complexity index is 1350. The van der Waals surface area contributed by atoms with E-state index in [4.69, 9.17) is 21.1 Å². The molecular formula is C22H27ClN5O8P. The first kappa shape index (κ1) is 26.4. The average Bonchev–Trinajstić information content (AvgIpc) is 3.54. The highest BCUT2D eigenvalue weighted by atomic mass is 35.5. The Labute approximate surface area is 216 Å². The molecule has 6 atom stereocenters. The third-order valence-corrected chi connectivity index (χ3v) is 8.61. The molecule has 5 rings (SSSR count). The van der Waals surface area contributed by atoms with E-state index in [-0.39, 0.29) is 16.8 Å². The second-order valence-corrected chi connectivity index (χ2v) is 11.8. The number of benzene rings is 1. The number of nitrogens with one attached hydrogen (secondary N) is 1. The zero-order valence-corrected chi connectivity index (χ0v) is 21.3. The lowest BCUT2D eigenvalue weighted by Gasteiger charge is -2.29. The highest BCUT2D eigenvalue weighted by Gasteiger charge is 2.49. The molecule has 0 saturated carbocycles. The van der Waals surface area contributed by atoms with Gasteiger partial charge in [-0.15, -0.1) is 5.10 Å². The van der Waals surface area contributed by atoms with Gasteiger partial charge in [0.05, 0.1) is 24.9 Å². The Balaban J connectivity index is 1.39. The van der Waals surface area contributed by atoms with Crippen LogP contribution in [0.5, 0.6) is 0 Å². The van der Waals surface area contributed by atoms with E-state index in [0.29, 0.717) is 11.2 Å². The summed E-state index contributed by atoms with van der Waals surface area (Å²) >= 11 is 6.31. The third-order valence-electron chi connectivity index (χ3n) is 6.91. The van der Waals surface area contributed by atoms with Gasteiger partial charge in [0.2, 0.25) is 0 Å². The standard InChI is InChI=1S/C22H27ClN5O8P/c1-22(10-29,37(32,33)34)35-9-15-18(30)19(31)21(36-15)28-20-17(26-27-28)14(8-16(23)25-20)24-13-7-6-11-4-2-3-5-12(11)13/h2-5,8,13,15,18-19,21,29-31H,6-7,9-10H2,1H3,(H,24,25)(H2,32,33,34)/t13-,15-,18-,19-,21-,22?/m1/s1. The molecule has 1 aliphatic heterocycles. The number of aromatic nitrogens is 4. The summed E-state index contributed by atoms with van der Waals surface area (Å²) in [5, 5.41) is 40.3. The molecule has 2 aromatic heterocycles. The van der Waals surface area contributed by atoms with E-state index >= 15 is 0 Å². The Morgan fingerprint density at radius 3 is 2.78 bits per heavy atom. The maximum atomic E-state index is 11.7. The topological polar surface area (TPSA) is 192 Å². The van der Waals surface area contributed by atoms with Crippen molar-refractivity contribution in [1.29, 1.82) is 0 Å². The minimum atomic E-state index is -4.85. The fourth-order valence-electron chi connectivity index (χ4n) is 4.62. The summed E-state index contributed by atoms with van der Waals surface area (Å²) in [7, 11) is -4.85. The Morgan fingerprint density at radius 2 is 2.05 bits per heavy atom. The van der Waals surface area contributed by atoms with Gasteiger partial charge in [0.15, 0.2) is 22.7 Å². The summed E-state index contributed by atoms with van der Waals surface area (Å²) in [6, 6.07) is 9.82. The second-order valence-electron chi connectivity index (χ2n) is 9.37. The normalized spacial score (nSPS) is 27.4. The molecule has 0 radical (unpaired) electrons. The van der Waals surface area contributed by atoms with Crippen LogP contribution in [0.3, 0.4) is 0 Å². The van der Waals surface area contributed by atoms with E-state index < -0.39 is 50.7 Å². The van der Waals surface area contributed by atoms with Crippen LogP contribution in [0.2, 0.25) is 5.15 Å². The highest BCUT2D eigenvalue weighted by molar-refractivity contribution is 7.53. The van der Waals surface area contributed by atoms with Gasteiger partial charge in [-0.25, -0.2) is 4.98 Å². The number of aryl methyl sites for hydroxylation is 1. The molecule has 3 heterocycles. The van der Waals surface area contributed by atoms with Crippen molar-refractivity contribution in [2.75, 3.05) is 18.5 Å². The number of rotatable bonds is 8. The number of ether oxygens (including phenoxy) is 2. The first-order valence-electron chi connectivity index (χ1n) is 11.6. The summed E-state index contributed by atoms with van der Waals surface area (Å²) in [4.78, 5) is 23.3. The van der Waals surface area contributed by atoms with Gasteiger partial charge in [-0.3, -0.25) is 4.57 Å². The summed E-state index contributed by atoms with van der Waals surface area (Å²) in [5.41, 5.74) is 3.63. The van der Waals surface area contributed by atoms with Crippen molar-refractivity contribution in [3.05, 3.63) is 46.6 Å². The molecule has 1 aromatic carbocycles. The van der Waals surface area contributed by atoms with Crippen molar-refractivity contribution in [3.8, 4) is 0 Å². The average molecular weight is 556 g/mol. The smallest absolute Gasteiger partial charge is 0.359 e. The van der Waals surface area contributed by atoms with E-state index in [2.05, 4.69) is 32.7 Å². The molecule has 0 bridgehead atoms. The van der Waals surface area contributed by atoms with E-state index in [1.165, 1.54) is 15.8 Å². The summed E-state index contributed by atoms with van der Waals surface area (Å²) in [6.07, 6.45) is -3.60. The molecule has 2 aliphatic rings. The van der Waals surface area contributed by atoms with Gasteiger partial charge in [-0.05, 0) is 30.9 Å². The van der Waals surface area contributed by atoms with Crippen molar-refractivity contribution in [2.45, 2.75) is 55.7 Å². The number of nitrogens with zero attached hydrogens (tertiary/aromatic N) is 4. The van der Waals surface area contributed by atoms with Crippen LogP contribution in [-0.2, 0) is 20.5 Å². The zero-order chi connectivity index (χ0) is 26.5. The molecule has 200 valence electrons. The van der Waals surface area contributed by atoms with Crippen LogP contribution < -0.4 is 5.32 Å². The lowest BCUT2D eigenvalue weighted by Crippen LogP contribution is -2.39. The molecule has 3 aromatic rings. The van der Waals surface area contributed by atoms with Gasteiger partial charge >= 0.3 is 7.60 Å². The minimum Gasteiger partial charge on any atom is -0.393 e. The summed E-state index contributed by atoms with van der Waals surface area (Å²) in [6.45, 7) is -0.452. The molecule has 13 nitrogen and oxygen atoms in total. The Morgan fingerprint density at radius 1 is 1.30 bits per heavy atom. The maximum Gasteiger partial charge on any atom is 0.359 e. The number of fused-ring (bicyclic) bond motifs is 2. The molecular weight excluding hydrogens is 529 g/mol. The minimum absolute atomic E-state index is 0.0366. The van der Waals surface area contributed by atoms with Gasteiger partial charge in [0.1, 0.15) is 23.5 Å². The van der Waals surface area contributed by atoms with Gasteiger partial charge < -0.3 is 39.9 Å². The van der Waals surface area contributed by atoms with E-state index in [9.17, 15) is 29.7 Å². The Kier molecular flexibility index (Phi) is 7.03. The number of hydrogen-bond acceptors (Lipinski definition) is 10. The second kappa shape index (κ2) is 9.84. The van der Waals surface area contributed by atoms with E-state index in [0.717, 1.165) is 19.8 Å². The van der Waals surface area contributed by atoms with Crippen molar-refractivity contribution in [1.82, 2.24) is 20.0 Å². The van der Waals surface area contributed by atoms with Crippen LogP contribution in [0.1, 0.15) is 36.7 Å². The molecule has 0 amide bonds. The third kappa shape index (κ3) is 4.76. The first-order valence-corrected chi connectivity index (χ1v) is 13.6. The first-order chi connectivity index (χ1) is 17.5. The van der Waals surface area contributed by atoms with Crippen molar-refractivity contribution >= 4 is 36.0 Å². The quantitative estimate of drug-likeness (QED) is 0.171. The van der Waals surface area contributed by atoms with Gasteiger partial charge in [0, 0.05) is 6.07 Å². The predicted octanol–water partition coefficient (Wildman–Crippen LogP) is 1.10. The van der Waals surface area contributed by atoms with Crippen LogP contribution in [0.4, 0.5) is 5.69 Å². The Hall–Kier alpha value is -2.19. The van der Waals surface area contributed by atoms with Crippen LogP contribution >= 0.6 is 19.2 Å². The lowest BCUT2D eigenvalue weighted by atomic mass is 10.1. The number of aliphatic hydroxyl groups excluding tert-OH is 3. The number of pyridine rings is 1. The largest absolute Gasteiger partial charge is 0.393 e. The molecule has 1 fully saturated rings. The van der Waals surface area contributed by atoms with Gasteiger partial charge in [-0.2, -0.15) is 4.68 Å². The fourth-order valence-corrected chi connectivity index (χ4v) is 5.23. The molecule has 1 aliphatic carbocycles. The summed E-state index contributed by atoms with van der Waals surface area (Å²) in [5.74, 6) is 0. The molecule has 1 unspecified atom stereocenters. The molecule has 15 heteroatoms. The van der Waals surface area contributed by atoms with Crippen molar-refractivity contribution in [2.24, 2.45) is 0 Å². The van der Waals surface area contributed by atoms with Gasteiger partial charge in [-0.1, -0.05) is 41.1 Å². The fraction of sp³-hybridized carbons (Fsp3) is 0.500. The molecule has 37 heavy (non-hydrogen) atoms.